The minimum Gasteiger partial charge on any atom is -0.444 e. The topological polar surface area (TPSA) is 50.8 Å². The van der Waals surface area contributed by atoms with E-state index >= 15 is 0 Å². The number of carbonyl (C=O) groups is 1. The van der Waals surface area contributed by atoms with Crippen LogP contribution in [0, 0.1) is 0 Å². The van der Waals surface area contributed by atoms with Crippen LogP contribution in [-0.4, -0.2) is 55.5 Å². The van der Waals surface area contributed by atoms with Crippen LogP contribution in [0.25, 0.3) is 0 Å². The fourth-order valence-electron chi connectivity index (χ4n) is 1.72. The van der Waals surface area contributed by atoms with E-state index < -0.39 is 5.60 Å². The molecule has 0 radical (unpaired) electrons. The molecule has 0 unspecified atom stereocenters. The molecule has 0 saturated heterocycles. The van der Waals surface area contributed by atoms with Crippen molar-refractivity contribution < 1.29 is 14.3 Å². The zero-order valence-electron chi connectivity index (χ0n) is 14.9. The number of hydrogen-bond donors (Lipinski definition) is 1. The Hall–Kier alpha value is -0.810. The van der Waals surface area contributed by atoms with Crippen LogP contribution in [0.5, 0.6) is 0 Å². The van der Waals surface area contributed by atoms with Gasteiger partial charge in [0.15, 0.2) is 0 Å². The molecular formula is C16H34N2O3. The molecule has 0 rings (SSSR count). The van der Waals surface area contributed by atoms with Crippen LogP contribution in [-0.2, 0) is 9.47 Å². The van der Waals surface area contributed by atoms with Crippen LogP contribution in [0.2, 0.25) is 0 Å². The van der Waals surface area contributed by atoms with Gasteiger partial charge in [0.1, 0.15) is 5.60 Å². The second-order valence-electron chi connectivity index (χ2n) is 6.93. The van der Waals surface area contributed by atoms with Gasteiger partial charge >= 0.3 is 6.09 Å². The van der Waals surface area contributed by atoms with Crippen molar-refractivity contribution in [3.8, 4) is 0 Å². The summed E-state index contributed by atoms with van der Waals surface area (Å²) in [5.74, 6) is 0. The Labute approximate surface area is 130 Å². The standard InChI is InChI=1S/C16H34N2O3/c1-8-12-18(14(19)21-15(2,3)4)13-11-17-10-9-16(5,6)20-7/h17H,8-13H2,1-7H3. The molecule has 1 amide bonds. The number of rotatable bonds is 9. The van der Waals surface area contributed by atoms with Gasteiger partial charge in [-0.1, -0.05) is 6.92 Å². The zero-order valence-corrected chi connectivity index (χ0v) is 14.9. The molecule has 0 aromatic rings. The Balaban J connectivity index is 4.08. The third kappa shape index (κ3) is 10.5. The molecule has 0 heterocycles. The number of carbonyl (C=O) groups excluding carboxylic acids is 1. The number of methoxy groups -OCH3 is 1. The fraction of sp³-hybridized carbons (Fsp3) is 0.938. The lowest BCUT2D eigenvalue weighted by atomic mass is 10.1. The number of amides is 1. The fourth-order valence-corrected chi connectivity index (χ4v) is 1.72. The highest BCUT2D eigenvalue weighted by atomic mass is 16.6. The Kier molecular flexibility index (Phi) is 8.90. The molecule has 0 aromatic heterocycles. The van der Waals surface area contributed by atoms with Crippen molar-refractivity contribution in [1.82, 2.24) is 10.2 Å². The van der Waals surface area contributed by atoms with Gasteiger partial charge in [0, 0.05) is 26.7 Å². The van der Waals surface area contributed by atoms with E-state index in [1.54, 1.807) is 12.0 Å². The first-order chi connectivity index (χ1) is 9.61. The number of nitrogens with zero attached hydrogens (tertiary/aromatic N) is 1. The third-order valence-electron chi connectivity index (χ3n) is 3.16. The summed E-state index contributed by atoms with van der Waals surface area (Å²) in [6.45, 7) is 14.9. The van der Waals surface area contributed by atoms with Gasteiger partial charge in [0.05, 0.1) is 5.60 Å². The number of nitrogens with one attached hydrogen (secondary N) is 1. The van der Waals surface area contributed by atoms with E-state index in [9.17, 15) is 4.79 Å². The quantitative estimate of drug-likeness (QED) is 0.665. The first kappa shape index (κ1) is 20.2. The molecule has 0 aliphatic heterocycles. The molecule has 0 fully saturated rings. The minimum atomic E-state index is -0.445. The predicted molar refractivity (Wildman–Crippen MR) is 86.7 cm³/mol. The summed E-state index contributed by atoms with van der Waals surface area (Å²) < 4.78 is 10.8. The van der Waals surface area contributed by atoms with Gasteiger partial charge in [-0.05, 0) is 54.0 Å². The van der Waals surface area contributed by atoms with Gasteiger partial charge in [-0.15, -0.1) is 0 Å². The molecule has 126 valence electrons. The Morgan fingerprint density at radius 2 is 1.71 bits per heavy atom. The highest BCUT2D eigenvalue weighted by Crippen LogP contribution is 2.11. The number of ether oxygens (including phenoxy) is 2. The van der Waals surface area contributed by atoms with Gasteiger partial charge in [-0.25, -0.2) is 4.79 Å². The summed E-state index contributed by atoms with van der Waals surface area (Å²) in [4.78, 5) is 13.8. The molecule has 0 aliphatic carbocycles. The van der Waals surface area contributed by atoms with E-state index in [4.69, 9.17) is 9.47 Å². The smallest absolute Gasteiger partial charge is 0.410 e. The van der Waals surface area contributed by atoms with E-state index in [1.165, 1.54) is 0 Å². The maximum Gasteiger partial charge on any atom is 0.410 e. The Bertz CT molecular complexity index is 298. The largest absolute Gasteiger partial charge is 0.444 e. The van der Waals surface area contributed by atoms with Crippen molar-refractivity contribution in [3.05, 3.63) is 0 Å². The predicted octanol–water partition coefficient (Wildman–Crippen LogP) is 3.04. The van der Waals surface area contributed by atoms with E-state index in [0.29, 0.717) is 6.54 Å². The van der Waals surface area contributed by atoms with Crippen molar-refractivity contribution in [3.63, 3.8) is 0 Å². The van der Waals surface area contributed by atoms with Gasteiger partial charge in [-0.3, -0.25) is 0 Å². The molecule has 1 N–H and O–H groups in total. The lowest BCUT2D eigenvalue weighted by Crippen LogP contribution is -2.41. The van der Waals surface area contributed by atoms with Crippen molar-refractivity contribution in [1.29, 1.82) is 0 Å². The molecule has 0 aromatic carbocycles. The first-order valence-electron chi connectivity index (χ1n) is 7.85. The summed E-state index contributed by atoms with van der Waals surface area (Å²) in [5, 5.41) is 3.35. The average molecular weight is 302 g/mol. The van der Waals surface area contributed by atoms with Gasteiger partial charge in [-0.2, -0.15) is 0 Å². The molecule has 21 heavy (non-hydrogen) atoms. The first-order valence-corrected chi connectivity index (χ1v) is 7.85. The van der Waals surface area contributed by atoms with Crippen LogP contribution < -0.4 is 5.32 Å². The van der Waals surface area contributed by atoms with Crippen LogP contribution in [0.3, 0.4) is 0 Å². The lowest BCUT2D eigenvalue weighted by Gasteiger charge is -2.27. The summed E-state index contributed by atoms with van der Waals surface area (Å²) in [7, 11) is 1.73. The summed E-state index contributed by atoms with van der Waals surface area (Å²) in [6.07, 6.45) is 1.63. The summed E-state index contributed by atoms with van der Waals surface area (Å²) >= 11 is 0. The van der Waals surface area contributed by atoms with Crippen LogP contribution in [0.4, 0.5) is 4.79 Å². The van der Waals surface area contributed by atoms with Crippen LogP contribution >= 0.6 is 0 Å². The van der Waals surface area contributed by atoms with Crippen molar-refractivity contribution in [2.45, 2.75) is 65.6 Å². The van der Waals surface area contributed by atoms with E-state index in [1.807, 2.05) is 20.8 Å². The normalized spacial score (nSPS) is 12.3. The van der Waals surface area contributed by atoms with Gasteiger partial charge in [0.2, 0.25) is 0 Å². The molecule has 0 saturated carbocycles. The highest BCUT2D eigenvalue weighted by molar-refractivity contribution is 5.68. The minimum absolute atomic E-state index is 0.110. The molecular weight excluding hydrogens is 268 g/mol. The lowest BCUT2D eigenvalue weighted by molar-refractivity contribution is 0.0149. The molecule has 5 heteroatoms. The van der Waals surface area contributed by atoms with Crippen molar-refractivity contribution >= 4 is 6.09 Å². The van der Waals surface area contributed by atoms with Crippen LogP contribution in [0.1, 0.15) is 54.4 Å². The average Bonchev–Trinajstić information content (AvgIpc) is 2.35. The Morgan fingerprint density at radius 3 is 2.19 bits per heavy atom. The maximum absolute atomic E-state index is 12.1. The molecule has 0 aliphatic rings. The monoisotopic (exact) mass is 302 g/mol. The van der Waals surface area contributed by atoms with E-state index in [2.05, 4.69) is 26.1 Å². The van der Waals surface area contributed by atoms with Crippen molar-refractivity contribution in [2.75, 3.05) is 33.3 Å². The molecule has 5 nitrogen and oxygen atoms in total. The van der Waals surface area contributed by atoms with Crippen molar-refractivity contribution in [2.24, 2.45) is 0 Å². The molecule has 0 spiro atoms. The molecule has 0 bridgehead atoms. The number of hydrogen-bond acceptors (Lipinski definition) is 4. The summed E-state index contributed by atoms with van der Waals surface area (Å²) in [5.41, 5.74) is -0.555. The highest BCUT2D eigenvalue weighted by Gasteiger charge is 2.21. The Morgan fingerprint density at radius 1 is 1.10 bits per heavy atom. The second-order valence-corrected chi connectivity index (χ2v) is 6.93. The summed E-state index contributed by atoms with van der Waals surface area (Å²) in [6, 6.07) is 0. The second kappa shape index (κ2) is 9.26. The third-order valence-corrected chi connectivity index (χ3v) is 3.16. The van der Waals surface area contributed by atoms with Gasteiger partial charge < -0.3 is 19.7 Å². The van der Waals surface area contributed by atoms with E-state index in [0.717, 1.165) is 32.5 Å². The van der Waals surface area contributed by atoms with Crippen LogP contribution in [0.15, 0.2) is 0 Å². The zero-order chi connectivity index (χ0) is 16.5. The van der Waals surface area contributed by atoms with E-state index in [-0.39, 0.29) is 11.7 Å². The molecule has 0 atom stereocenters. The SMILES string of the molecule is CCCN(CCNCCC(C)(C)OC)C(=O)OC(C)(C)C. The maximum atomic E-state index is 12.1. The van der Waals surface area contributed by atoms with Gasteiger partial charge in [0.25, 0.3) is 0 Å².